The predicted octanol–water partition coefficient (Wildman–Crippen LogP) is 3.77. The van der Waals surface area contributed by atoms with Crippen LogP contribution in [-0.2, 0) is 0 Å². The average molecular weight is 256 g/mol. The summed E-state index contributed by atoms with van der Waals surface area (Å²) in [5.41, 5.74) is 2.47. The van der Waals surface area contributed by atoms with Gasteiger partial charge in [0, 0.05) is 11.6 Å². The van der Waals surface area contributed by atoms with Gasteiger partial charge in [0.1, 0.15) is 17.4 Å². The second-order valence-corrected chi connectivity index (χ2v) is 4.21. The van der Waals surface area contributed by atoms with Crippen molar-refractivity contribution in [2.45, 2.75) is 6.92 Å². The molecule has 0 aliphatic rings. The van der Waals surface area contributed by atoms with Crippen molar-refractivity contribution in [1.82, 2.24) is 9.97 Å². The lowest BCUT2D eigenvalue weighted by molar-refractivity contribution is 0.338. The van der Waals surface area contributed by atoms with Gasteiger partial charge in [0.25, 0.3) is 0 Å². The molecule has 0 aliphatic carbocycles. The Labute approximate surface area is 110 Å². The highest BCUT2D eigenvalue weighted by atomic mass is 19.1. The summed E-state index contributed by atoms with van der Waals surface area (Å²) in [4.78, 5) is 7.62. The number of nitrogens with zero attached hydrogens (tertiary/aromatic N) is 1. The summed E-state index contributed by atoms with van der Waals surface area (Å²) in [5, 5.41) is 0. The Bertz CT molecular complexity index is 688. The minimum Gasteiger partial charge on any atom is -0.494 e. The van der Waals surface area contributed by atoms with E-state index in [4.69, 9.17) is 4.74 Å². The van der Waals surface area contributed by atoms with Gasteiger partial charge in [-0.2, -0.15) is 0 Å². The molecule has 0 aliphatic heterocycles. The fraction of sp³-hybridized carbons (Fsp3) is 0.133. The van der Waals surface area contributed by atoms with Crippen molar-refractivity contribution >= 4 is 11.0 Å². The van der Waals surface area contributed by atoms with Gasteiger partial charge in [-0.15, -0.1) is 0 Å². The van der Waals surface area contributed by atoms with E-state index in [9.17, 15) is 4.39 Å². The van der Waals surface area contributed by atoms with Crippen LogP contribution in [0.5, 0.6) is 5.75 Å². The second-order valence-electron chi connectivity index (χ2n) is 4.21. The predicted molar refractivity (Wildman–Crippen MR) is 72.7 cm³/mol. The average Bonchev–Trinajstić information content (AvgIpc) is 2.82. The first-order chi connectivity index (χ1) is 9.26. The topological polar surface area (TPSA) is 37.9 Å². The summed E-state index contributed by atoms with van der Waals surface area (Å²) in [6.45, 7) is 2.37. The van der Waals surface area contributed by atoms with Crippen molar-refractivity contribution in [3.05, 3.63) is 48.3 Å². The highest BCUT2D eigenvalue weighted by Crippen LogP contribution is 2.25. The number of aromatic amines is 1. The maximum Gasteiger partial charge on any atom is 0.138 e. The van der Waals surface area contributed by atoms with Crippen molar-refractivity contribution in [3.63, 3.8) is 0 Å². The lowest BCUT2D eigenvalue weighted by Crippen LogP contribution is -1.93. The Morgan fingerprint density at radius 1 is 1.21 bits per heavy atom. The summed E-state index contributed by atoms with van der Waals surface area (Å²) in [5.74, 6) is 0.820. The molecule has 0 bridgehead atoms. The fourth-order valence-corrected chi connectivity index (χ4v) is 2.04. The molecule has 0 fully saturated rings. The molecule has 0 radical (unpaired) electrons. The number of para-hydroxylation sites is 2. The normalized spacial score (nSPS) is 10.8. The Morgan fingerprint density at radius 3 is 2.84 bits per heavy atom. The standard InChI is InChI=1S/C15H13FN2O/c1-2-19-12-8-10(7-11(16)9-12)15-17-13-5-3-4-6-14(13)18-15/h3-9H,2H2,1H3,(H,17,18). The summed E-state index contributed by atoms with van der Waals surface area (Å²) in [6.07, 6.45) is 0. The third-order valence-corrected chi connectivity index (χ3v) is 2.85. The molecule has 1 heterocycles. The zero-order valence-corrected chi connectivity index (χ0v) is 10.5. The molecular formula is C15H13FN2O. The van der Waals surface area contributed by atoms with Crippen LogP contribution in [0.15, 0.2) is 42.5 Å². The monoisotopic (exact) mass is 256 g/mol. The number of H-pyrrole nitrogens is 1. The molecule has 19 heavy (non-hydrogen) atoms. The zero-order chi connectivity index (χ0) is 13.2. The number of hydrogen-bond acceptors (Lipinski definition) is 2. The number of aromatic nitrogens is 2. The summed E-state index contributed by atoms with van der Waals surface area (Å²) in [6, 6.07) is 12.3. The SMILES string of the molecule is CCOc1cc(F)cc(-c2nc3ccccc3[nH]2)c1. The van der Waals surface area contributed by atoms with Crippen molar-refractivity contribution in [2.24, 2.45) is 0 Å². The van der Waals surface area contributed by atoms with Gasteiger partial charge in [-0.25, -0.2) is 9.37 Å². The van der Waals surface area contributed by atoms with Crippen molar-refractivity contribution < 1.29 is 9.13 Å². The first-order valence-corrected chi connectivity index (χ1v) is 6.15. The molecule has 0 saturated carbocycles. The molecular weight excluding hydrogens is 243 g/mol. The van der Waals surface area contributed by atoms with Gasteiger partial charge >= 0.3 is 0 Å². The van der Waals surface area contributed by atoms with E-state index in [-0.39, 0.29) is 5.82 Å². The molecule has 2 aromatic carbocycles. The minimum absolute atomic E-state index is 0.332. The lowest BCUT2D eigenvalue weighted by Gasteiger charge is -2.05. The quantitative estimate of drug-likeness (QED) is 0.774. The van der Waals surface area contributed by atoms with E-state index in [0.29, 0.717) is 23.7 Å². The van der Waals surface area contributed by atoms with Crippen LogP contribution in [0.4, 0.5) is 4.39 Å². The molecule has 3 aromatic rings. The zero-order valence-electron chi connectivity index (χ0n) is 10.5. The Balaban J connectivity index is 2.09. The summed E-state index contributed by atoms with van der Waals surface area (Å²) < 4.78 is 18.9. The number of rotatable bonds is 3. The van der Waals surface area contributed by atoms with Crippen LogP contribution in [-0.4, -0.2) is 16.6 Å². The molecule has 0 atom stereocenters. The molecule has 3 rings (SSSR count). The Kier molecular flexibility index (Phi) is 2.91. The molecule has 96 valence electrons. The smallest absolute Gasteiger partial charge is 0.138 e. The number of hydrogen-bond donors (Lipinski definition) is 1. The van der Waals surface area contributed by atoms with Gasteiger partial charge < -0.3 is 9.72 Å². The van der Waals surface area contributed by atoms with Crippen molar-refractivity contribution in [3.8, 4) is 17.1 Å². The van der Waals surface area contributed by atoms with E-state index in [0.717, 1.165) is 11.0 Å². The fourth-order valence-electron chi connectivity index (χ4n) is 2.04. The maximum absolute atomic E-state index is 13.6. The lowest BCUT2D eigenvalue weighted by atomic mass is 10.2. The van der Waals surface area contributed by atoms with E-state index >= 15 is 0 Å². The van der Waals surface area contributed by atoms with Gasteiger partial charge in [0.2, 0.25) is 0 Å². The van der Waals surface area contributed by atoms with Crippen LogP contribution in [0.25, 0.3) is 22.4 Å². The molecule has 0 spiro atoms. The largest absolute Gasteiger partial charge is 0.494 e. The molecule has 3 nitrogen and oxygen atoms in total. The van der Waals surface area contributed by atoms with E-state index in [1.807, 2.05) is 31.2 Å². The van der Waals surface area contributed by atoms with Crippen LogP contribution < -0.4 is 4.74 Å². The Morgan fingerprint density at radius 2 is 2.05 bits per heavy atom. The molecule has 0 amide bonds. The molecule has 0 saturated heterocycles. The number of fused-ring (bicyclic) bond motifs is 1. The minimum atomic E-state index is -0.332. The molecule has 1 N–H and O–H groups in total. The highest BCUT2D eigenvalue weighted by Gasteiger charge is 2.08. The third-order valence-electron chi connectivity index (χ3n) is 2.85. The summed E-state index contributed by atoms with van der Waals surface area (Å²) in [7, 11) is 0. The molecule has 4 heteroatoms. The van der Waals surface area contributed by atoms with Gasteiger partial charge in [-0.1, -0.05) is 12.1 Å². The van der Waals surface area contributed by atoms with E-state index in [2.05, 4.69) is 9.97 Å². The van der Waals surface area contributed by atoms with Crippen LogP contribution in [0.3, 0.4) is 0 Å². The van der Waals surface area contributed by atoms with Crippen molar-refractivity contribution in [2.75, 3.05) is 6.61 Å². The first kappa shape index (κ1) is 11.7. The van der Waals surface area contributed by atoms with Crippen LogP contribution in [0.2, 0.25) is 0 Å². The van der Waals surface area contributed by atoms with Crippen LogP contribution >= 0.6 is 0 Å². The van der Waals surface area contributed by atoms with E-state index in [1.165, 1.54) is 12.1 Å². The number of nitrogens with one attached hydrogen (secondary N) is 1. The van der Waals surface area contributed by atoms with Crippen molar-refractivity contribution in [1.29, 1.82) is 0 Å². The second kappa shape index (κ2) is 4.72. The number of ether oxygens (including phenoxy) is 1. The van der Waals surface area contributed by atoms with Gasteiger partial charge in [0.15, 0.2) is 0 Å². The van der Waals surface area contributed by atoms with E-state index < -0.39 is 0 Å². The highest BCUT2D eigenvalue weighted by molar-refractivity contribution is 5.79. The summed E-state index contributed by atoms with van der Waals surface area (Å²) >= 11 is 0. The Hall–Kier alpha value is -2.36. The molecule has 1 aromatic heterocycles. The van der Waals surface area contributed by atoms with Crippen LogP contribution in [0, 0.1) is 5.82 Å². The number of benzene rings is 2. The van der Waals surface area contributed by atoms with Gasteiger partial charge in [0.05, 0.1) is 17.6 Å². The van der Waals surface area contributed by atoms with Gasteiger partial charge in [-0.05, 0) is 31.2 Å². The first-order valence-electron chi connectivity index (χ1n) is 6.15. The number of halogens is 1. The third kappa shape index (κ3) is 2.29. The van der Waals surface area contributed by atoms with E-state index in [1.54, 1.807) is 6.07 Å². The number of imidazole rings is 1. The molecule has 0 unspecified atom stereocenters. The maximum atomic E-state index is 13.6. The van der Waals surface area contributed by atoms with Gasteiger partial charge in [-0.3, -0.25) is 0 Å². The van der Waals surface area contributed by atoms with Crippen LogP contribution in [0.1, 0.15) is 6.92 Å².